The second-order valence-corrected chi connectivity index (χ2v) is 9.62. The van der Waals surface area contributed by atoms with Gasteiger partial charge in [0.2, 0.25) is 0 Å². The Morgan fingerprint density at radius 3 is 2.65 bits per heavy atom. The van der Waals surface area contributed by atoms with Crippen LogP contribution in [0.25, 0.3) is 10.8 Å². The molecule has 0 aliphatic carbocycles. The van der Waals surface area contributed by atoms with Crippen LogP contribution in [-0.2, 0) is 24.2 Å². The lowest BCUT2D eigenvalue weighted by Crippen LogP contribution is -2.22. The van der Waals surface area contributed by atoms with Gasteiger partial charge in [-0.1, -0.05) is 30.3 Å². The molecule has 2 aromatic rings. The molecule has 1 fully saturated rings. The van der Waals surface area contributed by atoms with Crippen LogP contribution in [0.15, 0.2) is 42.5 Å². The van der Waals surface area contributed by atoms with Gasteiger partial charge in [0, 0.05) is 10.9 Å². The van der Waals surface area contributed by atoms with E-state index < -0.39 is 21.7 Å². The molecule has 26 heavy (non-hydrogen) atoms. The van der Waals surface area contributed by atoms with Gasteiger partial charge in [-0.25, -0.2) is 8.42 Å². The molecular formula is C18H19NO5S2. The lowest BCUT2D eigenvalue weighted by Gasteiger charge is -2.09. The van der Waals surface area contributed by atoms with Gasteiger partial charge < -0.3 is 10.1 Å². The first-order chi connectivity index (χ1) is 12.4. The van der Waals surface area contributed by atoms with Crippen molar-refractivity contribution < 1.29 is 22.7 Å². The second kappa shape index (κ2) is 8.09. The first kappa shape index (κ1) is 18.7. The number of benzene rings is 2. The molecule has 0 saturated carbocycles. The number of fused-ring (bicyclic) bond motifs is 1. The van der Waals surface area contributed by atoms with Crippen LogP contribution in [0.3, 0.4) is 0 Å². The molecule has 1 N–H and O–H groups in total. The number of carbonyl (C=O) groups excluding carboxylic acids is 2. The number of carbonyl (C=O) groups is 2. The van der Waals surface area contributed by atoms with Crippen LogP contribution in [0.4, 0.5) is 5.69 Å². The van der Waals surface area contributed by atoms with E-state index in [1.165, 1.54) is 11.8 Å². The van der Waals surface area contributed by atoms with E-state index >= 15 is 0 Å². The summed E-state index contributed by atoms with van der Waals surface area (Å²) >= 11 is 1.27. The predicted octanol–water partition coefficient (Wildman–Crippen LogP) is 2.24. The SMILES string of the molecule is O=C(COC(=O)CS[C@@H]1CCS(=O)(=O)C1)Nc1ccc2ccccc2c1. The Hall–Kier alpha value is -2.06. The van der Waals surface area contributed by atoms with Gasteiger partial charge in [-0.05, 0) is 29.3 Å². The van der Waals surface area contributed by atoms with Crippen LogP contribution >= 0.6 is 11.8 Å². The maximum atomic E-state index is 11.9. The molecule has 1 saturated heterocycles. The minimum absolute atomic E-state index is 0.0451. The molecule has 0 spiro atoms. The minimum Gasteiger partial charge on any atom is -0.455 e. The third-order valence-electron chi connectivity index (χ3n) is 4.03. The van der Waals surface area contributed by atoms with E-state index in [0.717, 1.165) is 10.8 Å². The van der Waals surface area contributed by atoms with E-state index in [2.05, 4.69) is 5.32 Å². The summed E-state index contributed by atoms with van der Waals surface area (Å²) in [6.45, 7) is -0.366. The fourth-order valence-electron chi connectivity index (χ4n) is 2.73. The lowest BCUT2D eigenvalue weighted by atomic mass is 10.1. The molecule has 0 radical (unpaired) electrons. The zero-order valence-corrected chi connectivity index (χ0v) is 15.6. The number of hydrogen-bond acceptors (Lipinski definition) is 6. The summed E-state index contributed by atoms with van der Waals surface area (Å²) in [5, 5.41) is 4.70. The Morgan fingerprint density at radius 2 is 1.92 bits per heavy atom. The monoisotopic (exact) mass is 393 g/mol. The highest BCUT2D eigenvalue weighted by Crippen LogP contribution is 2.24. The number of hydrogen-bond donors (Lipinski definition) is 1. The highest BCUT2D eigenvalue weighted by atomic mass is 32.2. The van der Waals surface area contributed by atoms with Crippen molar-refractivity contribution in [3.05, 3.63) is 42.5 Å². The summed E-state index contributed by atoms with van der Waals surface area (Å²) in [4.78, 5) is 23.6. The zero-order valence-electron chi connectivity index (χ0n) is 14.0. The Morgan fingerprint density at radius 1 is 1.15 bits per heavy atom. The molecular weight excluding hydrogens is 374 g/mol. The molecule has 8 heteroatoms. The van der Waals surface area contributed by atoms with Gasteiger partial charge in [-0.3, -0.25) is 9.59 Å². The lowest BCUT2D eigenvalue weighted by molar-refractivity contribution is -0.144. The number of sulfone groups is 1. The van der Waals surface area contributed by atoms with E-state index in [0.29, 0.717) is 12.1 Å². The molecule has 1 atom stereocenters. The average Bonchev–Trinajstić information content (AvgIpc) is 2.97. The normalized spacial score (nSPS) is 18.5. The van der Waals surface area contributed by atoms with Gasteiger partial charge in [-0.15, -0.1) is 11.8 Å². The van der Waals surface area contributed by atoms with Crippen molar-refractivity contribution in [1.29, 1.82) is 0 Å². The molecule has 1 aliphatic heterocycles. The smallest absolute Gasteiger partial charge is 0.316 e. The van der Waals surface area contributed by atoms with Gasteiger partial charge in [0.15, 0.2) is 16.4 Å². The van der Waals surface area contributed by atoms with Crippen LogP contribution in [0, 0.1) is 0 Å². The van der Waals surface area contributed by atoms with Gasteiger partial charge in [0.1, 0.15) is 0 Å². The quantitative estimate of drug-likeness (QED) is 0.757. The van der Waals surface area contributed by atoms with Crippen molar-refractivity contribution in [3.63, 3.8) is 0 Å². The van der Waals surface area contributed by atoms with Gasteiger partial charge in [-0.2, -0.15) is 0 Å². The first-order valence-corrected chi connectivity index (χ1v) is 11.0. The molecule has 1 heterocycles. The van der Waals surface area contributed by atoms with Crippen molar-refractivity contribution in [2.45, 2.75) is 11.7 Å². The number of amides is 1. The highest BCUT2D eigenvalue weighted by molar-refractivity contribution is 8.02. The van der Waals surface area contributed by atoms with Gasteiger partial charge >= 0.3 is 5.97 Å². The third kappa shape index (κ3) is 5.22. The zero-order chi connectivity index (χ0) is 18.6. The molecule has 3 rings (SSSR count). The number of ether oxygens (including phenoxy) is 1. The van der Waals surface area contributed by atoms with Crippen molar-refractivity contribution in [2.75, 3.05) is 29.2 Å². The Labute approximate surface area is 156 Å². The molecule has 0 bridgehead atoms. The Kier molecular flexibility index (Phi) is 5.83. The van der Waals surface area contributed by atoms with Crippen LogP contribution in [0.1, 0.15) is 6.42 Å². The topological polar surface area (TPSA) is 89.5 Å². The highest BCUT2D eigenvalue weighted by Gasteiger charge is 2.28. The summed E-state index contributed by atoms with van der Waals surface area (Å²) in [6.07, 6.45) is 0.558. The van der Waals surface area contributed by atoms with Crippen molar-refractivity contribution in [3.8, 4) is 0 Å². The van der Waals surface area contributed by atoms with E-state index in [4.69, 9.17) is 4.74 Å². The second-order valence-electron chi connectivity index (χ2n) is 6.11. The van der Waals surface area contributed by atoms with Crippen LogP contribution in [-0.4, -0.2) is 49.4 Å². The number of nitrogens with one attached hydrogen (secondary N) is 1. The number of thioether (sulfide) groups is 1. The summed E-state index contributed by atoms with van der Waals surface area (Å²) < 4.78 is 27.7. The maximum absolute atomic E-state index is 11.9. The van der Waals surface area contributed by atoms with Gasteiger partial charge in [0.05, 0.1) is 17.3 Å². The van der Waals surface area contributed by atoms with Crippen LogP contribution in [0.5, 0.6) is 0 Å². The van der Waals surface area contributed by atoms with Crippen LogP contribution in [0.2, 0.25) is 0 Å². The molecule has 2 aromatic carbocycles. The molecule has 0 unspecified atom stereocenters. The fraction of sp³-hybridized carbons (Fsp3) is 0.333. The molecule has 6 nitrogen and oxygen atoms in total. The van der Waals surface area contributed by atoms with Crippen LogP contribution < -0.4 is 5.32 Å². The Bertz CT molecular complexity index is 926. The predicted molar refractivity (Wildman–Crippen MR) is 103 cm³/mol. The largest absolute Gasteiger partial charge is 0.455 e. The average molecular weight is 393 g/mol. The van der Waals surface area contributed by atoms with Crippen molar-refractivity contribution in [2.24, 2.45) is 0 Å². The van der Waals surface area contributed by atoms with E-state index in [1.54, 1.807) is 6.07 Å². The van der Waals surface area contributed by atoms with E-state index in [-0.39, 0.29) is 29.1 Å². The summed E-state index contributed by atoms with van der Waals surface area (Å²) in [5.74, 6) is -0.611. The third-order valence-corrected chi connectivity index (χ3v) is 7.28. The fourth-order valence-corrected chi connectivity index (χ4v) is 6.17. The summed E-state index contributed by atoms with van der Waals surface area (Å²) in [6, 6.07) is 13.3. The Balaban J connectivity index is 1.42. The van der Waals surface area contributed by atoms with Gasteiger partial charge in [0.25, 0.3) is 5.91 Å². The minimum atomic E-state index is -2.96. The molecule has 0 aromatic heterocycles. The van der Waals surface area contributed by atoms with E-state index in [9.17, 15) is 18.0 Å². The molecule has 138 valence electrons. The van der Waals surface area contributed by atoms with E-state index in [1.807, 2.05) is 36.4 Å². The molecule has 1 aliphatic rings. The maximum Gasteiger partial charge on any atom is 0.316 e. The van der Waals surface area contributed by atoms with Crippen molar-refractivity contribution in [1.82, 2.24) is 0 Å². The van der Waals surface area contributed by atoms with Crippen molar-refractivity contribution >= 4 is 49.9 Å². The number of anilines is 1. The number of rotatable bonds is 6. The standard InChI is InChI=1S/C18H19NO5S2/c20-17(19-15-6-5-13-3-1-2-4-14(13)9-15)10-24-18(21)11-25-16-7-8-26(22,23)12-16/h1-6,9,16H,7-8,10-12H2,(H,19,20)/t16-/m1/s1. The molecule has 1 amide bonds. The number of esters is 1. The summed E-state index contributed by atoms with van der Waals surface area (Å²) in [7, 11) is -2.96. The summed E-state index contributed by atoms with van der Waals surface area (Å²) in [5.41, 5.74) is 0.635. The first-order valence-electron chi connectivity index (χ1n) is 8.18.